The van der Waals surface area contributed by atoms with Crippen molar-refractivity contribution in [3.8, 4) is 0 Å². The van der Waals surface area contributed by atoms with E-state index in [1.165, 1.54) is 0 Å². The number of carbonyl (C=O) groups excluding carboxylic acids is 1. The van der Waals surface area contributed by atoms with Gasteiger partial charge in [0.25, 0.3) is 0 Å². The van der Waals surface area contributed by atoms with E-state index in [4.69, 9.17) is 0 Å². The Morgan fingerprint density at radius 3 is 2.46 bits per heavy atom. The largest absolute Gasteiger partial charge is 0.355 e. The maximum Gasteiger partial charge on any atom is 0.241 e. The topological polar surface area (TPSA) is 75.3 Å². The Hall–Kier alpha value is -1.40. The molecule has 5 nitrogen and oxygen atoms in total. The maximum absolute atomic E-state index is 13.4. The number of hydrogen-bond acceptors (Lipinski definition) is 4. The quantitative estimate of drug-likeness (QED) is 0.737. The number of hydrogen-bond donors (Lipinski definition) is 2. The molecule has 24 heavy (non-hydrogen) atoms. The number of aryl methyl sites for hydroxylation is 2. The van der Waals surface area contributed by atoms with Gasteiger partial charge in [-0.05, 0) is 63.9 Å². The molecule has 134 valence electrons. The average molecular weight is 353 g/mol. The molecule has 1 aliphatic rings. The lowest BCUT2D eigenvalue weighted by Gasteiger charge is -2.28. The van der Waals surface area contributed by atoms with Gasteiger partial charge in [-0.15, -0.1) is 0 Å². The average Bonchev–Trinajstić information content (AvgIpc) is 3.05. The van der Waals surface area contributed by atoms with Crippen molar-refractivity contribution in [1.82, 2.24) is 10.6 Å². The van der Waals surface area contributed by atoms with E-state index in [9.17, 15) is 13.2 Å². The Kier molecular flexibility index (Phi) is 6.04. The predicted molar refractivity (Wildman–Crippen MR) is 95.9 cm³/mol. The Bertz CT molecular complexity index is 692. The third-order valence-electron chi connectivity index (χ3n) is 4.86. The summed E-state index contributed by atoms with van der Waals surface area (Å²) in [5.74, 6) is -0.336. The number of amides is 1. The van der Waals surface area contributed by atoms with Crippen LogP contribution in [-0.2, 0) is 14.6 Å². The summed E-state index contributed by atoms with van der Waals surface area (Å²) >= 11 is 0. The minimum atomic E-state index is -3.72. The van der Waals surface area contributed by atoms with Crippen LogP contribution < -0.4 is 10.6 Å². The monoisotopic (exact) mass is 352 g/mol. The molecule has 1 saturated carbocycles. The molecule has 2 rings (SSSR count). The third kappa shape index (κ3) is 3.49. The summed E-state index contributed by atoms with van der Waals surface area (Å²) in [7, 11) is -1.87. The number of carbonyl (C=O) groups is 1. The number of benzene rings is 1. The van der Waals surface area contributed by atoms with Crippen LogP contribution in [0.4, 0.5) is 0 Å². The van der Waals surface area contributed by atoms with Crippen LogP contribution in [0, 0.1) is 13.8 Å². The summed E-state index contributed by atoms with van der Waals surface area (Å²) in [4.78, 5) is 13.1. The van der Waals surface area contributed by atoms with Gasteiger partial charge in [-0.2, -0.15) is 0 Å². The number of nitrogens with one attached hydrogen (secondary N) is 2. The summed E-state index contributed by atoms with van der Waals surface area (Å²) in [5, 5.41) is 5.87. The van der Waals surface area contributed by atoms with Crippen LogP contribution in [0.2, 0.25) is 0 Å². The molecule has 1 aliphatic carbocycles. The van der Waals surface area contributed by atoms with Crippen molar-refractivity contribution in [2.45, 2.75) is 55.6 Å². The van der Waals surface area contributed by atoms with Crippen LogP contribution in [-0.4, -0.2) is 39.2 Å². The zero-order chi connectivity index (χ0) is 17.8. The van der Waals surface area contributed by atoms with E-state index >= 15 is 0 Å². The highest BCUT2D eigenvalue weighted by Crippen LogP contribution is 2.41. The minimum Gasteiger partial charge on any atom is -0.355 e. The van der Waals surface area contributed by atoms with Crippen LogP contribution in [0.3, 0.4) is 0 Å². The van der Waals surface area contributed by atoms with Gasteiger partial charge in [-0.3, -0.25) is 4.79 Å². The molecule has 0 heterocycles. The summed E-state index contributed by atoms with van der Waals surface area (Å²) < 4.78 is 25.5. The summed E-state index contributed by atoms with van der Waals surface area (Å²) in [5.41, 5.74) is 1.59. The molecule has 0 saturated heterocycles. The van der Waals surface area contributed by atoms with Gasteiger partial charge in [0, 0.05) is 6.54 Å². The fourth-order valence-corrected chi connectivity index (χ4v) is 5.80. The molecule has 2 N–H and O–H groups in total. The second-order valence-electron chi connectivity index (χ2n) is 6.69. The Morgan fingerprint density at radius 2 is 1.83 bits per heavy atom. The van der Waals surface area contributed by atoms with E-state index in [-0.39, 0.29) is 5.91 Å². The first-order valence-corrected chi connectivity index (χ1v) is 10.1. The SMILES string of the molecule is CNCCCNC(=O)C1(S(=O)(=O)c2cc(C)ccc2C)CCCC1. The van der Waals surface area contributed by atoms with Crippen molar-refractivity contribution in [1.29, 1.82) is 0 Å². The van der Waals surface area contributed by atoms with Crippen molar-refractivity contribution in [3.63, 3.8) is 0 Å². The van der Waals surface area contributed by atoms with Crippen LogP contribution in [0.15, 0.2) is 23.1 Å². The van der Waals surface area contributed by atoms with Crippen LogP contribution in [0.5, 0.6) is 0 Å². The van der Waals surface area contributed by atoms with Gasteiger partial charge in [0.15, 0.2) is 14.6 Å². The fourth-order valence-electron chi connectivity index (χ4n) is 3.40. The molecular weight excluding hydrogens is 324 g/mol. The van der Waals surface area contributed by atoms with Gasteiger partial charge in [-0.1, -0.05) is 25.0 Å². The molecule has 0 aliphatic heterocycles. The summed E-state index contributed by atoms with van der Waals surface area (Å²) in [6, 6.07) is 5.40. The zero-order valence-electron chi connectivity index (χ0n) is 14.8. The van der Waals surface area contributed by atoms with Crippen LogP contribution in [0.25, 0.3) is 0 Å². The lowest BCUT2D eigenvalue weighted by Crippen LogP contribution is -2.51. The standard InChI is InChI=1S/C18H28N2O3S/c1-14-7-8-15(2)16(13-14)24(22,23)18(9-4-5-10-18)17(21)20-12-6-11-19-3/h7-8,13,19H,4-6,9-12H2,1-3H3,(H,20,21). The minimum absolute atomic E-state index is 0.301. The first-order valence-electron chi connectivity index (χ1n) is 8.60. The van der Waals surface area contributed by atoms with Gasteiger partial charge in [0.1, 0.15) is 0 Å². The van der Waals surface area contributed by atoms with Crippen molar-refractivity contribution in [3.05, 3.63) is 29.3 Å². The molecule has 1 aromatic rings. The highest BCUT2D eigenvalue weighted by Gasteiger charge is 2.53. The maximum atomic E-state index is 13.4. The molecule has 1 aromatic carbocycles. The highest BCUT2D eigenvalue weighted by atomic mass is 32.2. The third-order valence-corrected chi connectivity index (χ3v) is 7.50. The highest BCUT2D eigenvalue weighted by molar-refractivity contribution is 7.93. The first-order chi connectivity index (χ1) is 11.3. The van der Waals surface area contributed by atoms with E-state index < -0.39 is 14.6 Å². The van der Waals surface area contributed by atoms with Gasteiger partial charge in [0.05, 0.1) is 4.90 Å². The van der Waals surface area contributed by atoms with E-state index in [1.54, 1.807) is 13.0 Å². The van der Waals surface area contributed by atoms with Gasteiger partial charge < -0.3 is 10.6 Å². The van der Waals surface area contributed by atoms with Crippen molar-refractivity contribution in [2.75, 3.05) is 20.1 Å². The second-order valence-corrected chi connectivity index (χ2v) is 8.91. The van der Waals surface area contributed by atoms with Gasteiger partial charge in [0.2, 0.25) is 5.91 Å². The predicted octanol–water partition coefficient (Wildman–Crippen LogP) is 2.12. The zero-order valence-corrected chi connectivity index (χ0v) is 15.6. The van der Waals surface area contributed by atoms with Crippen LogP contribution >= 0.6 is 0 Å². The molecule has 6 heteroatoms. The molecule has 0 spiro atoms. The smallest absolute Gasteiger partial charge is 0.241 e. The molecular formula is C18H28N2O3S. The lowest BCUT2D eigenvalue weighted by atomic mass is 10.1. The van der Waals surface area contributed by atoms with Gasteiger partial charge >= 0.3 is 0 Å². The van der Waals surface area contributed by atoms with E-state index in [1.807, 2.05) is 26.1 Å². The molecule has 0 atom stereocenters. The van der Waals surface area contributed by atoms with E-state index in [2.05, 4.69) is 10.6 Å². The normalized spacial score (nSPS) is 17.0. The van der Waals surface area contributed by atoms with E-state index in [0.717, 1.165) is 31.4 Å². The number of sulfone groups is 1. The second kappa shape index (κ2) is 7.66. The summed E-state index contributed by atoms with van der Waals surface area (Å²) in [6.45, 7) is 4.94. The molecule has 0 bridgehead atoms. The Morgan fingerprint density at radius 1 is 1.17 bits per heavy atom. The number of rotatable bonds is 7. The van der Waals surface area contributed by atoms with Crippen molar-refractivity contribution >= 4 is 15.7 Å². The van der Waals surface area contributed by atoms with Crippen molar-refractivity contribution < 1.29 is 13.2 Å². The van der Waals surface area contributed by atoms with Gasteiger partial charge in [-0.25, -0.2) is 8.42 Å². The Labute approximate surface area is 145 Å². The summed E-state index contributed by atoms with van der Waals surface area (Å²) in [6.07, 6.45) is 3.13. The van der Waals surface area contributed by atoms with Crippen LogP contribution in [0.1, 0.15) is 43.2 Å². The molecule has 0 aromatic heterocycles. The Balaban J connectivity index is 2.35. The fraction of sp³-hybridized carbons (Fsp3) is 0.611. The molecule has 0 radical (unpaired) electrons. The van der Waals surface area contributed by atoms with Crippen molar-refractivity contribution in [2.24, 2.45) is 0 Å². The molecule has 1 amide bonds. The first kappa shape index (κ1) is 18.9. The lowest BCUT2D eigenvalue weighted by molar-refractivity contribution is -0.123. The molecule has 1 fully saturated rings. The molecule has 0 unspecified atom stereocenters. The van der Waals surface area contributed by atoms with E-state index in [0.29, 0.717) is 29.8 Å².